The molecular weight excluding hydrogens is 264 g/mol. The van der Waals surface area contributed by atoms with Crippen LogP contribution in [0.5, 0.6) is 5.75 Å². The van der Waals surface area contributed by atoms with Crippen molar-refractivity contribution in [2.45, 2.75) is 19.6 Å². The van der Waals surface area contributed by atoms with Crippen LogP contribution < -0.4 is 10.5 Å². The first-order valence-electron chi connectivity index (χ1n) is 6.74. The third-order valence-electron chi connectivity index (χ3n) is 2.99. The number of benzene rings is 2. The maximum absolute atomic E-state index is 10.9. The van der Waals surface area contributed by atoms with Crippen molar-refractivity contribution in [1.29, 1.82) is 0 Å². The third kappa shape index (κ3) is 4.76. The summed E-state index contributed by atoms with van der Waals surface area (Å²) in [7, 11) is 0. The Labute approximate surface area is 124 Å². The van der Waals surface area contributed by atoms with Gasteiger partial charge in [0.15, 0.2) is 0 Å². The van der Waals surface area contributed by atoms with Crippen molar-refractivity contribution >= 4 is 12.1 Å². The summed E-state index contributed by atoms with van der Waals surface area (Å²) in [6.45, 7) is 2.20. The highest BCUT2D eigenvalue weighted by atomic mass is 16.5. The number of ether oxygens (including phenoxy) is 1. The molecule has 0 saturated heterocycles. The molecule has 0 heterocycles. The molecule has 2 aromatic rings. The molecule has 0 radical (unpaired) electrons. The lowest BCUT2D eigenvalue weighted by atomic mass is 10.2. The molecule has 4 nitrogen and oxygen atoms in total. The third-order valence-corrected chi connectivity index (χ3v) is 2.99. The van der Waals surface area contributed by atoms with Crippen LogP contribution in [0.4, 0.5) is 0 Å². The molecule has 0 fully saturated rings. The summed E-state index contributed by atoms with van der Waals surface area (Å²) in [4.78, 5) is 15.0. The van der Waals surface area contributed by atoms with Crippen molar-refractivity contribution in [1.82, 2.24) is 0 Å². The fourth-order valence-corrected chi connectivity index (χ4v) is 1.66. The number of rotatable bonds is 6. The topological polar surface area (TPSA) is 64.7 Å². The quantitative estimate of drug-likeness (QED) is 0.827. The van der Waals surface area contributed by atoms with Gasteiger partial charge in [-0.25, -0.2) is 0 Å². The molecule has 0 aromatic heterocycles. The Balaban J connectivity index is 1.91. The second kappa shape index (κ2) is 7.24. The van der Waals surface area contributed by atoms with Gasteiger partial charge in [0.2, 0.25) is 5.91 Å². The summed E-state index contributed by atoms with van der Waals surface area (Å²) >= 11 is 0. The van der Waals surface area contributed by atoms with Crippen LogP contribution in [-0.4, -0.2) is 18.2 Å². The predicted molar refractivity (Wildman–Crippen MR) is 83.5 cm³/mol. The number of nitrogens with zero attached hydrogens (tertiary/aromatic N) is 1. The van der Waals surface area contributed by atoms with Gasteiger partial charge in [-0.05, 0) is 42.3 Å². The summed E-state index contributed by atoms with van der Waals surface area (Å²) < 4.78 is 5.69. The molecule has 1 amide bonds. The number of amides is 1. The van der Waals surface area contributed by atoms with Gasteiger partial charge in [0.25, 0.3) is 0 Å². The maximum atomic E-state index is 10.9. The standard InChI is InChI=1S/C17H18N2O2/c1-13(17(18)20)19-11-14-7-9-16(10-8-14)21-12-15-5-3-2-4-6-15/h2-11,13H,12H2,1H3,(H2,18,20). The van der Waals surface area contributed by atoms with Crippen LogP contribution in [0.15, 0.2) is 59.6 Å². The Bertz CT molecular complexity index is 606. The van der Waals surface area contributed by atoms with Gasteiger partial charge in [-0.15, -0.1) is 0 Å². The average Bonchev–Trinajstić information content (AvgIpc) is 2.52. The first-order valence-corrected chi connectivity index (χ1v) is 6.74. The minimum atomic E-state index is -0.515. The van der Waals surface area contributed by atoms with Crippen molar-refractivity contribution in [3.8, 4) is 5.75 Å². The average molecular weight is 282 g/mol. The highest BCUT2D eigenvalue weighted by Gasteiger charge is 2.03. The number of hydrogen-bond donors (Lipinski definition) is 1. The number of hydrogen-bond acceptors (Lipinski definition) is 3. The minimum absolute atomic E-state index is 0.436. The van der Waals surface area contributed by atoms with Crippen molar-refractivity contribution in [3.05, 3.63) is 65.7 Å². The Morgan fingerprint density at radius 1 is 1.19 bits per heavy atom. The van der Waals surface area contributed by atoms with E-state index in [2.05, 4.69) is 4.99 Å². The van der Waals surface area contributed by atoms with Gasteiger partial charge >= 0.3 is 0 Å². The smallest absolute Gasteiger partial charge is 0.241 e. The summed E-state index contributed by atoms with van der Waals surface area (Å²) in [5.41, 5.74) is 7.17. The maximum Gasteiger partial charge on any atom is 0.241 e. The van der Waals surface area contributed by atoms with Crippen molar-refractivity contribution in [3.63, 3.8) is 0 Å². The molecule has 1 unspecified atom stereocenters. The van der Waals surface area contributed by atoms with E-state index in [9.17, 15) is 4.79 Å². The molecule has 0 spiro atoms. The highest BCUT2D eigenvalue weighted by molar-refractivity contribution is 5.85. The van der Waals surface area contributed by atoms with Crippen LogP contribution in [0, 0.1) is 0 Å². The van der Waals surface area contributed by atoms with Crippen LogP contribution in [0.1, 0.15) is 18.1 Å². The van der Waals surface area contributed by atoms with E-state index >= 15 is 0 Å². The molecule has 0 aliphatic carbocycles. The van der Waals surface area contributed by atoms with Gasteiger partial charge in [-0.2, -0.15) is 0 Å². The lowest BCUT2D eigenvalue weighted by Crippen LogP contribution is -2.23. The van der Waals surface area contributed by atoms with Crippen molar-refractivity contribution < 1.29 is 9.53 Å². The fraction of sp³-hybridized carbons (Fsp3) is 0.176. The second-order valence-electron chi connectivity index (χ2n) is 4.70. The van der Waals surface area contributed by atoms with Gasteiger partial charge in [0, 0.05) is 6.21 Å². The first kappa shape index (κ1) is 14.8. The minimum Gasteiger partial charge on any atom is -0.489 e. The van der Waals surface area contributed by atoms with Crippen molar-refractivity contribution in [2.75, 3.05) is 0 Å². The van der Waals surface area contributed by atoms with E-state index in [0.717, 1.165) is 16.9 Å². The zero-order chi connectivity index (χ0) is 15.1. The van der Waals surface area contributed by atoms with E-state index in [4.69, 9.17) is 10.5 Å². The highest BCUT2D eigenvalue weighted by Crippen LogP contribution is 2.13. The second-order valence-corrected chi connectivity index (χ2v) is 4.70. The molecule has 0 saturated carbocycles. The summed E-state index contributed by atoms with van der Waals surface area (Å²) in [5, 5.41) is 0. The van der Waals surface area contributed by atoms with E-state index in [-0.39, 0.29) is 0 Å². The molecule has 1 atom stereocenters. The number of carbonyl (C=O) groups excluding carboxylic acids is 1. The predicted octanol–water partition coefficient (Wildman–Crippen LogP) is 2.56. The Morgan fingerprint density at radius 3 is 2.48 bits per heavy atom. The zero-order valence-electron chi connectivity index (χ0n) is 11.9. The monoisotopic (exact) mass is 282 g/mol. The fourth-order valence-electron chi connectivity index (χ4n) is 1.66. The molecule has 0 aliphatic rings. The molecule has 4 heteroatoms. The van der Waals surface area contributed by atoms with E-state index in [1.165, 1.54) is 0 Å². The molecule has 21 heavy (non-hydrogen) atoms. The van der Waals surface area contributed by atoms with E-state index in [0.29, 0.717) is 6.61 Å². The van der Waals surface area contributed by atoms with Crippen LogP contribution in [0.2, 0.25) is 0 Å². The Kier molecular flexibility index (Phi) is 5.10. The van der Waals surface area contributed by atoms with Crippen LogP contribution in [-0.2, 0) is 11.4 Å². The lowest BCUT2D eigenvalue weighted by molar-refractivity contribution is -0.118. The Hall–Kier alpha value is -2.62. The van der Waals surface area contributed by atoms with Gasteiger partial charge in [0.1, 0.15) is 18.4 Å². The van der Waals surface area contributed by atoms with Crippen LogP contribution >= 0.6 is 0 Å². The molecule has 0 bridgehead atoms. The molecule has 2 rings (SSSR count). The number of primary amides is 1. The number of aliphatic imine (C=N–C) groups is 1. The molecule has 108 valence electrons. The van der Waals surface area contributed by atoms with E-state index < -0.39 is 11.9 Å². The van der Waals surface area contributed by atoms with Crippen molar-refractivity contribution in [2.24, 2.45) is 10.7 Å². The lowest BCUT2D eigenvalue weighted by Gasteiger charge is -2.06. The number of nitrogens with two attached hydrogens (primary N) is 1. The molecular formula is C17H18N2O2. The molecule has 2 aromatic carbocycles. The first-order chi connectivity index (χ1) is 10.1. The summed E-state index contributed by atoms with van der Waals surface area (Å²) in [6.07, 6.45) is 1.64. The molecule has 2 N–H and O–H groups in total. The molecule has 0 aliphatic heterocycles. The van der Waals surface area contributed by atoms with Gasteiger partial charge in [-0.1, -0.05) is 30.3 Å². The summed E-state index contributed by atoms with van der Waals surface area (Å²) in [6, 6.07) is 17.0. The zero-order valence-corrected chi connectivity index (χ0v) is 11.9. The van der Waals surface area contributed by atoms with Gasteiger partial charge < -0.3 is 10.5 Å². The Morgan fingerprint density at radius 2 is 1.86 bits per heavy atom. The van der Waals surface area contributed by atoms with Gasteiger partial charge in [0.05, 0.1) is 0 Å². The van der Waals surface area contributed by atoms with E-state index in [1.54, 1.807) is 13.1 Å². The van der Waals surface area contributed by atoms with Gasteiger partial charge in [-0.3, -0.25) is 9.79 Å². The number of carbonyl (C=O) groups is 1. The van der Waals surface area contributed by atoms with E-state index in [1.807, 2.05) is 54.6 Å². The van der Waals surface area contributed by atoms with Crippen LogP contribution in [0.3, 0.4) is 0 Å². The SMILES string of the molecule is CC(N=Cc1ccc(OCc2ccccc2)cc1)C(N)=O. The normalized spacial score (nSPS) is 12.2. The largest absolute Gasteiger partial charge is 0.489 e. The summed E-state index contributed by atoms with van der Waals surface area (Å²) in [5.74, 6) is 0.355. The van der Waals surface area contributed by atoms with Crippen LogP contribution in [0.25, 0.3) is 0 Å².